The number of nitrogens with two attached hydrogens (primary N) is 1. The van der Waals surface area contributed by atoms with Crippen LogP contribution in [0.2, 0.25) is 5.02 Å². The number of hydrogen-bond acceptors (Lipinski definition) is 5. The highest BCUT2D eigenvalue weighted by Gasteiger charge is 2.33. The van der Waals surface area contributed by atoms with Crippen molar-refractivity contribution in [2.45, 2.75) is 6.18 Å². The molecule has 0 aromatic carbocycles. The van der Waals surface area contributed by atoms with E-state index in [0.717, 1.165) is 0 Å². The average molecular weight is 308 g/mol. The zero-order valence-electron chi connectivity index (χ0n) is 9.40. The van der Waals surface area contributed by atoms with Gasteiger partial charge in [-0.05, 0) is 6.07 Å². The summed E-state index contributed by atoms with van der Waals surface area (Å²) < 4.78 is 37.4. The summed E-state index contributed by atoms with van der Waals surface area (Å²) >= 11 is 5.68. The van der Waals surface area contributed by atoms with Crippen LogP contribution in [0, 0.1) is 10.1 Å². The van der Waals surface area contributed by atoms with Crippen molar-refractivity contribution in [1.29, 1.82) is 0 Å². The molecule has 11 heteroatoms. The monoisotopic (exact) mass is 307 g/mol. The highest BCUT2D eigenvalue weighted by atomic mass is 35.5. The molecule has 0 saturated heterocycles. The zero-order valence-corrected chi connectivity index (χ0v) is 10.2. The van der Waals surface area contributed by atoms with E-state index in [0.29, 0.717) is 12.3 Å². The Hall–Kier alpha value is -2.36. The molecule has 0 saturated carbocycles. The molecular weight excluding hydrogens is 303 g/mol. The van der Waals surface area contributed by atoms with Crippen LogP contribution in [-0.2, 0) is 6.18 Å². The van der Waals surface area contributed by atoms with Crippen LogP contribution in [0.5, 0.6) is 0 Å². The van der Waals surface area contributed by atoms with Gasteiger partial charge in [-0.1, -0.05) is 11.6 Å². The second-order valence-corrected chi connectivity index (χ2v) is 4.05. The van der Waals surface area contributed by atoms with Gasteiger partial charge in [-0.25, -0.2) is 0 Å². The summed E-state index contributed by atoms with van der Waals surface area (Å²) in [5.74, 6) is -0.345. The molecule has 0 radical (unpaired) electrons. The molecule has 3 N–H and O–H groups in total. The van der Waals surface area contributed by atoms with Gasteiger partial charge in [0.25, 0.3) is 0 Å². The van der Waals surface area contributed by atoms with Gasteiger partial charge in [0, 0.05) is 6.20 Å². The third-order valence-electron chi connectivity index (χ3n) is 2.34. The molecule has 0 fully saturated rings. The number of nitrogens with zero attached hydrogens (tertiary/aromatic N) is 3. The van der Waals surface area contributed by atoms with Crippen molar-refractivity contribution >= 4 is 23.1 Å². The quantitative estimate of drug-likeness (QED) is 0.654. The van der Waals surface area contributed by atoms with E-state index in [9.17, 15) is 23.3 Å². The van der Waals surface area contributed by atoms with Crippen molar-refractivity contribution in [2.75, 3.05) is 5.73 Å². The smallest absolute Gasteiger partial charge is 0.378 e. The van der Waals surface area contributed by atoms with Crippen LogP contribution in [0.25, 0.3) is 11.4 Å². The van der Waals surface area contributed by atoms with Gasteiger partial charge in [0.05, 0.1) is 15.5 Å². The molecule has 2 rings (SSSR count). The van der Waals surface area contributed by atoms with Crippen LogP contribution >= 0.6 is 11.6 Å². The second-order valence-electron chi connectivity index (χ2n) is 3.64. The first-order valence-corrected chi connectivity index (χ1v) is 5.31. The molecule has 106 valence electrons. The molecule has 0 aliphatic carbocycles. The Balaban J connectivity index is 2.58. The number of hydrogen-bond donors (Lipinski definition) is 2. The normalized spacial score (nSPS) is 11.6. The van der Waals surface area contributed by atoms with Gasteiger partial charge in [0.2, 0.25) is 0 Å². The number of pyridine rings is 1. The lowest BCUT2D eigenvalue weighted by atomic mass is 10.2. The van der Waals surface area contributed by atoms with Crippen molar-refractivity contribution in [2.24, 2.45) is 0 Å². The number of H-pyrrole nitrogens is 1. The Morgan fingerprint density at radius 3 is 2.55 bits per heavy atom. The van der Waals surface area contributed by atoms with Gasteiger partial charge in [0.1, 0.15) is 5.69 Å². The molecule has 0 aliphatic rings. The number of alkyl halides is 3. The number of rotatable bonds is 2. The maximum absolute atomic E-state index is 12.5. The molecule has 0 unspecified atom stereocenters. The number of nitro groups is 1. The summed E-state index contributed by atoms with van der Waals surface area (Å²) in [6, 6.07) is 0.610. The molecule has 20 heavy (non-hydrogen) atoms. The third-order valence-corrected chi connectivity index (χ3v) is 2.63. The SMILES string of the molecule is Nc1[nH]nc(-c2ncc(C(F)(F)F)cc2Cl)c1[N+](=O)[O-]. The molecule has 0 spiro atoms. The summed E-state index contributed by atoms with van der Waals surface area (Å²) in [5, 5.41) is 16.1. The van der Waals surface area contributed by atoms with E-state index in [1.165, 1.54) is 0 Å². The molecule has 0 aliphatic heterocycles. The Morgan fingerprint density at radius 1 is 1.40 bits per heavy atom. The molecular formula is C9H5ClF3N5O2. The van der Waals surface area contributed by atoms with Gasteiger partial charge in [-0.3, -0.25) is 20.2 Å². The minimum Gasteiger partial charge on any atom is -0.378 e. The van der Waals surface area contributed by atoms with Crippen molar-refractivity contribution in [3.8, 4) is 11.4 Å². The van der Waals surface area contributed by atoms with E-state index in [1.807, 2.05) is 0 Å². The topological polar surface area (TPSA) is 111 Å². The molecule has 7 nitrogen and oxygen atoms in total. The Bertz CT molecular complexity index is 685. The largest absolute Gasteiger partial charge is 0.417 e. The van der Waals surface area contributed by atoms with Crippen LogP contribution < -0.4 is 5.73 Å². The second kappa shape index (κ2) is 4.63. The maximum atomic E-state index is 12.5. The van der Waals surface area contributed by atoms with Gasteiger partial charge in [-0.15, -0.1) is 0 Å². The Kier molecular flexibility index (Phi) is 3.26. The first kappa shape index (κ1) is 14.1. The molecule has 2 heterocycles. The molecule has 2 aromatic heterocycles. The lowest BCUT2D eigenvalue weighted by Crippen LogP contribution is -2.06. The van der Waals surface area contributed by atoms with Crippen molar-refractivity contribution < 1.29 is 18.1 Å². The first-order valence-electron chi connectivity index (χ1n) is 4.93. The van der Waals surface area contributed by atoms with E-state index in [2.05, 4.69) is 15.2 Å². The summed E-state index contributed by atoms with van der Waals surface area (Å²) in [6.45, 7) is 0. The number of nitrogen functional groups attached to an aromatic ring is 1. The van der Waals surface area contributed by atoms with Gasteiger partial charge in [-0.2, -0.15) is 18.3 Å². The summed E-state index contributed by atoms with van der Waals surface area (Å²) in [6.07, 6.45) is -4.11. The number of nitrogens with one attached hydrogen (secondary N) is 1. The maximum Gasteiger partial charge on any atom is 0.417 e. The van der Waals surface area contributed by atoms with Crippen LogP contribution in [0.1, 0.15) is 5.56 Å². The zero-order chi connectivity index (χ0) is 15.1. The average Bonchev–Trinajstić information content (AvgIpc) is 2.69. The number of aromatic nitrogens is 3. The number of aromatic amines is 1. The van der Waals surface area contributed by atoms with Gasteiger partial charge >= 0.3 is 11.9 Å². The molecule has 0 atom stereocenters. The van der Waals surface area contributed by atoms with E-state index in [-0.39, 0.29) is 17.2 Å². The van der Waals surface area contributed by atoms with Crippen LogP contribution in [0.3, 0.4) is 0 Å². The van der Waals surface area contributed by atoms with E-state index in [4.69, 9.17) is 17.3 Å². The fourth-order valence-corrected chi connectivity index (χ4v) is 1.72. The minimum atomic E-state index is -4.62. The molecule has 2 aromatic rings. The fourth-order valence-electron chi connectivity index (χ4n) is 1.47. The van der Waals surface area contributed by atoms with Crippen LogP contribution in [-0.4, -0.2) is 20.1 Å². The van der Waals surface area contributed by atoms with E-state index >= 15 is 0 Å². The first-order chi connectivity index (χ1) is 9.21. The fraction of sp³-hybridized carbons (Fsp3) is 0.111. The Labute approximate surface area is 113 Å². The lowest BCUT2D eigenvalue weighted by Gasteiger charge is -2.07. The third kappa shape index (κ3) is 2.37. The van der Waals surface area contributed by atoms with Gasteiger partial charge in [0.15, 0.2) is 11.5 Å². The van der Waals surface area contributed by atoms with Crippen molar-refractivity contribution in [3.05, 3.63) is 33.0 Å². The van der Waals surface area contributed by atoms with Crippen molar-refractivity contribution in [1.82, 2.24) is 15.2 Å². The summed E-state index contributed by atoms with van der Waals surface area (Å²) in [5.41, 5.74) is 3.06. The standard InChI is InChI=1S/C9H5ClF3N5O2/c10-4-1-3(9(11,12)13)2-15-5(4)6-7(18(19)20)8(14)17-16-6/h1-2H,(H3,14,16,17). The Morgan fingerprint density at radius 2 is 2.05 bits per heavy atom. The highest BCUT2D eigenvalue weighted by Crippen LogP contribution is 2.37. The van der Waals surface area contributed by atoms with Crippen LogP contribution in [0.15, 0.2) is 12.3 Å². The van der Waals surface area contributed by atoms with Crippen molar-refractivity contribution in [3.63, 3.8) is 0 Å². The molecule has 0 amide bonds. The lowest BCUT2D eigenvalue weighted by molar-refractivity contribution is -0.383. The predicted molar refractivity (Wildman–Crippen MR) is 62.9 cm³/mol. The highest BCUT2D eigenvalue weighted by molar-refractivity contribution is 6.33. The van der Waals surface area contributed by atoms with Crippen LogP contribution in [0.4, 0.5) is 24.7 Å². The minimum absolute atomic E-state index is 0.265. The van der Waals surface area contributed by atoms with E-state index < -0.39 is 27.4 Å². The number of anilines is 1. The van der Waals surface area contributed by atoms with Gasteiger partial charge < -0.3 is 5.73 Å². The number of halogens is 4. The summed E-state index contributed by atoms with van der Waals surface area (Å²) in [4.78, 5) is 13.5. The molecule has 0 bridgehead atoms. The predicted octanol–water partition coefficient (Wildman–Crippen LogP) is 2.63. The van der Waals surface area contributed by atoms with E-state index in [1.54, 1.807) is 0 Å². The summed E-state index contributed by atoms with van der Waals surface area (Å²) in [7, 11) is 0.